The molecule has 3 rings (SSSR count). The molecule has 1 aromatic carbocycles. The Labute approximate surface area is 166 Å². The average molecular weight is 399 g/mol. The fraction of sp³-hybridized carbons (Fsp3) is 0.300. The highest BCUT2D eigenvalue weighted by molar-refractivity contribution is 7.15. The number of carbonyl (C=O) groups excluding carboxylic acids is 2. The molecule has 0 fully saturated rings. The quantitative estimate of drug-likeness (QED) is 0.666. The molecule has 2 aromatic heterocycles. The molecule has 0 saturated carbocycles. The zero-order chi connectivity index (χ0) is 20.3. The Kier molecular flexibility index (Phi) is 5.60. The van der Waals surface area contributed by atoms with E-state index in [1.165, 1.54) is 21.8 Å². The van der Waals surface area contributed by atoms with E-state index in [0.717, 1.165) is 5.56 Å². The van der Waals surface area contributed by atoms with Crippen molar-refractivity contribution in [2.24, 2.45) is 0 Å². The van der Waals surface area contributed by atoms with Gasteiger partial charge in [-0.2, -0.15) is 0 Å². The molecule has 0 unspecified atom stereocenters. The van der Waals surface area contributed by atoms with Crippen LogP contribution in [0.25, 0.3) is 4.96 Å². The first kappa shape index (κ1) is 19.8. The topological polar surface area (TPSA) is 89.8 Å². The van der Waals surface area contributed by atoms with Crippen molar-refractivity contribution in [2.45, 2.75) is 32.8 Å². The number of esters is 1. The molecule has 3 aromatic rings. The third-order valence-electron chi connectivity index (χ3n) is 4.14. The summed E-state index contributed by atoms with van der Waals surface area (Å²) in [6, 6.07) is 8.59. The number of hydrogen-bond acceptors (Lipinski definition) is 6. The van der Waals surface area contributed by atoms with Gasteiger partial charge in [-0.3, -0.25) is 18.8 Å². The van der Waals surface area contributed by atoms with Crippen LogP contribution in [-0.4, -0.2) is 27.8 Å². The third-order valence-corrected chi connectivity index (χ3v) is 4.90. The van der Waals surface area contributed by atoms with E-state index in [4.69, 9.17) is 4.74 Å². The summed E-state index contributed by atoms with van der Waals surface area (Å²) >= 11 is 1.32. The van der Waals surface area contributed by atoms with E-state index in [1.807, 2.05) is 12.1 Å². The molecule has 0 atom stereocenters. The first-order valence-corrected chi connectivity index (χ1v) is 9.62. The lowest BCUT2D eigenvalue weighted by Crippen LogP contribution is -2.30. The summed E-state index contributed by atoms with van der Waals surface area (Å²) < 4.78 is 6.52. The van der Waals surface area contributed by atoms with Crippen molar-refractivity contribution in [1.29, 1.82) is 0 Å². The summed E-state index contributed by atoms with van der Waals surface area (Å²) in [5.41, 5.74) is 1.73. The number of carbonyl (C=O) groups is 2. The van der Waals surface area contributed by atoms with Gasteiger partial charge in [0.25, 0.3) is 11.5 Å². The van der Waals surface area contributed by atoms with E-state index < -0.39 is 5.97 Å². The van der Waals surface area contributed by atoms with Gasteiger partial charge in [0.05, 0.1) is 5.69 Å². The number of nitrogens with zero attached hydrogens (tertiary/aromatic N) is 2. The number of amides is 1. The number of aromatic nitrogens is 2. The minimum Gasteiger partial charge on any atom is -0.458 e. The smallest absolute Gasteiger partial charge is 0.325 e. The molecule has 146 valence electrons. The van der Waals surface area contributed by atoms with Gasteiger partial charge < -0.3 is 10.1 Å². The highest BCUT2D eigenvalue weighted by Crippen LogP contribution is 2.22. The van der Waals surface area contributed by atoms with Gasteiger partial charge in [-0.05, 0) is 23.1 Å². The summed E-state index contributed by atoms with van der Waals surface area (Å²) in [5, 5.41) is 4.29. The van der Waals surface area contributed by atoms with Crippen LogP contribution < -0.4 is 10.9 Å². The highest BCUT2D eigenvalue weighted by atomic mass is 32.1. The number of thiazole rings is 1. The fourth-order valence-electron chi connectivity index (χ4n) is 2.54. The van der Waals surface area contributed by atoms with Crippen LogP contribution in [0.5, 0.6) is 0 Å². The monoisotopic (exact) mass is 399 g/mol. The molecule has 1 N–H and O–H groups in total. The van der Waals surface area contributed by atoms with E-state index in [9.17, 15) is 14.4 Å². The van der Waals surface area contributed by atoms with Crippen LogP contribution in [-0.2, 0) is 21.6 Å². The van der Waals surface area contributed by atoms with E-state index in [2.05, 4.69) is 31.1 Å². The molecule has 0 spiro atoms. The molecule has 2 heterocycles. The van der Waals surface area contributed by atoms with Crippen molar-refractivity contribution in [2.75, 3.05) is 6.54 Å². The standard InChI is InChI=1S/C20H21N3O4S/c1-20(2,3)14-6-4-13(5-7-14)18(26)21-11-17(25)27-12-15-10-16(24)23-8-9-28-19(23)22-15/h4-10H,11-12H2,1-3H3,(H,21,26). The van der Waals surface area contributed by atoms with E-state index >= 15 is 0 Å². The maximum Gasteiger partial charge on any atom is 0.325 e. The lowest BCUT2D eigenvalue weighted by Gasteiger charge is -2.19. The van der Waals surface area contributed by atoms with Gasteiger partial charge in [-0.25, -0.2) is 4.98 Å². The largest absolute Gasteiger partial charge is 0.458 e. The third kappa shape index (κ3) is 4.64. The predicted octanol–water partition coefficient (Wildman–Crippen LogP) is 2.53. The fourth-order valence-corrected chi connectivity index (χ4v) is 3.28. The number of rotatable bonds is 5. The van der Waals surface area contributed by atoms with E-state index in [0.29, 0.717) is 16.2 Å². The van der Waals surface area contributed by atoms with Crippen molar-refractivity contribution < 1.29 is 14.3 Å². The summed E-state index contributed by atoms with van der Waals surface area (Å²) in [7, 11) is 0. The van der Waals surface area contributed by atoms with Crippen molar-refractivity contribution in [3.63, 3.8) is 0 Å². The van der Waals surface area contributed by atoms with E-state index in [1.54, 1.807) is 23.7 Å². The van der Waals surface area contributed by atoms with Crippen LogP contribution in [0.15, 0.2) is 46.7 Å². The van der Waals surface area contributed by atoms with Gasteiger partial charge in [0.2, 0.25) is 0 Å². The second kappa shape index (κ2) is 7.93. The summed E-state index contributed by atoms with van der Waals surface area (Å²) in [4.78, 5) is 40.7. The first-order valence-electron chi connectivity index (χ1n) is 8.74. The Morgan fingerprint density at radius 1 is 1.21 bits per heavy atom. The molecule has 0 radical (unpaired) electrons. The van der Waals surface area contributed by atoms with Crippen LogP contribution in [0.3, 0.4) is 0 Å². The van der Waals surface area contributed by atoms with E-state index in [-0.39, 0.29) is 30.0 Å². The molecule has 0 aliphatic heterocycles. The number of ether oxygens (including phenoxy) is 1. The van der Waals surface area contributed by atoms with Crippen molar-refractivity contribution in [1.82, 2.24) is 14.7 Å². The SMILES string of the molecule is CC(C)(C)c1ccc(C(=O)NCC(=O)OCc2cc(=O)n3ccsc3n2)cc1. The lowest BCUT2D eigenvalue weighted by atomic mass is 9.87. The Morgan fingerprint density at radius 3 is 2.61 bits per heavy atom. The number of nitrogens with one attached hydrogen (secondary N) is 1. The predicted molar refractivity (Wildman–Crippen MR) is 107 cm³/mol. The van der Waals surface area contributed by atoms with Crippen molar-refractivity contribution >= 4 is 28.2 Å². The minimum atomic E-state index is -0.604. The second-order valence-corrected chi connectivity index (χ2v) is 8.19. The normalized spacial score (nSPS) is 11.4. The van der Waals surface area contributed by atoms with Crippen LogP contribution in [0.4, 0.5) is 0 Å². The van der Waals surface area contributed by atoms with Crippen LogP contribution in [0.1, 0.15) is 42.4 Å². The Balaban J connectivity index is 1.52. The van der Waals surface area contributed by atoms with Gasteiger partial charge in [0.1, 0.15) is 13.2 Å². The lowest BCUT2D eigenvalue weighted by molar-refractivity contribution is -0.143. The molecular formula is C20H21N3O4S. The van der Waals surface area contributed by atoms with Gasteiger partial charge in [-0.15, -0.1) is 11.3 Å². The van der Waals surface area contributed by atoms with Crippen molar-refractivity contribution in [3.8, 4) is 0 Å². The number of fused-ring (bicyclic) bond motifs is 1. The zero-order valence-electron chi connectivity index (χ0n) is 15.9. The van der Waals surface area contributed by atoms with Crippen LogP contribution in [0, 0.1) is 0 Å². The number of hydrogen-bond donors (Lipinski definition) is 1. The van der Waals surface area contributed by atoms with Gasteiger partial charge >= 0.3 is 5.97 Å². The Morgan fingerprint density at radius 2 is 1.93 bits per heavy atom. The average Bonchev–Trinajstić information content (AvgIpc) is 3.13. The molecule has 8 heteroatoms. The van der Waals surface area contributed by atoms with Crippen LogP contribution >= 0.6 is 11.3 Å². The molecule has 0 saturated heterocycles. The van der Waals surface area contributed by atoms with Crippen molar-refractivity contribution in [3.05, 3.63) is 69.1 Å². The maximum atomic E-state index is 12.2. The molecular weight excluding hydrogens is 378 g/mol. The highest BCUT2D eigenvalue weighted by Gasteiger charge is 2.15. The van der Waals surface area contributed by atoms with Gasteiger partial charge in [0.15, 0.2) is 4.96 Å². The Bertz CT molecular complexity index is 1060. The Hall–Kier alpha value is -3.00. The molecule has 0 bridgehead atoms. The minimum absolute atomic E-state index is 0.00142. The molecule has 0 aliphatic rings. The zero-order valence-corrected chi connectivity index (χ0v) is 16.7. The summed E-state index contributed by atoms with van der Waals surface area (Å²) in [6.07, 6.45) is 1.63. The molecule has 7 nitrogen and oxygen atoms in total. The first-order chi connectivity index (χ1) is 13.2. The summed E-state index contributed by atoms with van der Waals surface area (Å²) in [6.45, 7) is 5.89. The second-order valence-electron chi connectivity index (χ2n) is 7.31. The van der Waals surface area contributed by atoms with Gasteiger partial charge in [0, 0.05) is 23.2 Å². The molecule has 1 amide bonds. The van der Waals surface area contributed by atoms with Crippen LogP contribution in [0.2, 0.25) is 0 Å². The van der Waals surface area contributed by atoms with Gasteiger partial charge in [-0.1, -0.05) is 32.9 Å². The summed E-state index contributed by atoms with van der Waals surface area (Å²) in [5.74, 6) is -0.957. The number of benzene rings is 1. The maximum absolute atomic E-state index is 12.2. The molecule has 0 aliphatic carbocycles. The molecule has 28 heavy (non-hydrogen) atoms.